The summed E-state index contributed by atoms with van der Waals surface area (Å²) >= 11 is 0. The summed E-state index contributed by atoms with van der Waals surface area (Å²) in [6.45, 7) is 1.58. The maximum absolute atomic E-state index is 12.1. The molecule has 0 aliphatic rings. The molecule has 0 amide bonds. The number of aldehydes is 1. The molecule has 0 saturated heterocycles. The first-order chi connectivity index (χ1) is 13.2. The summed E-state index contributed by atoms with van der Waals surface area (Å²) in [6.07, 6.45) is 0.838. The van der Waals surface area contributed by atoms with Crippen LogP contribution >= 0.6 is 0 Å². The molecule has 3 heteroatoms. The van der Waals surface area contributed by atoms with E-state index in [-0.39, 0.29) is 5.78 Å². The van der Waals surface area contributed by atoms with E-state index in [1.54, 1.807) is 19.1 Å². The van der Waals surface area contributed by atoms with Crippen LogP contribution in [-0.4, -0.2) is 17.1 Å². The minimum atomic E-state index is 0.0294. The molecule has 0 N–H and O–H groups in total. The van der Waals surface area contributed by atoms with Gasteiger partial charge in [0, 0.05) is 22.1 Å². The summed E-state index contributed by atoms with van der Waals surface area (Å²) < 4.78 is 0. The zero-order valence-corrected chi connectivity index (χ0v) is 14.8. The Kier molecular flexibility index (Phi) is 4.35. The molecule has 0 aliphatic heterocycles. The number of Topliss-reactive ketones (excluding diaryl/α,β-unsaturated/α-hetero) is 1. The molecule has 0 unspecified atom stereocenters. The zero-order valence-electron chi connectivity index (χ0n) is 14.8. The number of hydrogen-bond donors (Lipinski definition) is 0. The Balaban J connectivity index is 1.75. The van der Waals surface area contributed by atoms with Crippen molar-refractivity contribution in [1.29, 1.82) is 0 Å². The highest BCUT2D eigenvalue weighted by Crippen LogP contribution is 2.27. The monoisotopic (exact) mass is 351 g/mol. The lowest BCUT2D eigenvalue weighted by molar-refractivity contribution is 0.101. The van der Waals surface area contributed by atoms with Crippen LogP contribution in [0.15, 0.2) is 78.9 Å². The molecular formula is C24H17NO2. The lowest BCUT2D eigenvalue weighted by atomic mass is 9.99. The highest BCUT2D eigenvalue weighted by Gasteiger charge is 2.10. The van der Waals surface area contributed by atoms with Gasteiger partial charge in [-0.2, -0.15) is 0 Å². The Labute approximate surface area is 157 Å². The third-order valence-electron chi connectivity index (χ3n) is 4.66. The van der Waals surface area contributed by atoms with E-state index in [1.807, 2.05) is 66.7 Å². The van der Waals surface area contributed by atoms with Gasteiger partial charge in [0.15, 0.2) is 5.78 Å². The molecule has 3 nitrogen and oxygen atoms in total. The number of ketones is 1. The highest BCUT2D eigenvalue weighted by molar-refractivity contribution is 6.07. The smallest absolute Gasteiger partial charge is 0.160 e. The van der Waals surface area contributed by atoms with Gasteiger partial charge < -0.3 is 0 Å². The Morgan fingerprint density at radius 3 is 2.04 bits per heavy atom. The molecule has 1 aromatic heterocycles. The third kappa shape index (κ3) is 3.27. The first-order valence-corrected chi connectivity index (χ1v) is 8.72. The van der Waals surface area contributed by atoms with Crippen molar-refractivity contribution >= 4 is 23.0 Å². The van der Waals surface area contributed by atoms with Crippen molar-refractivity contribution in [3.8, 4) is 22.4 Å². The number of aromatic nitrogens is 1. The highest BCUT2D eigenvalue weighted by atomic mass is 16.1. The minimum absolute atomic E-state index is 0.0294. The fraction of sp³-hybridized carbons (Fsp3) is 0.0417. The maximum atomic E-state index is 12.1. The third-order valence-corrected chi connectivity index (χ3v) is 4.66. The first kappa shape index (κ1) is 16.9. The predicted octanol–water partition coefficient (Wildman–Crippen LogP) is 5.58. The van der Waals surface area contributed by atoms with Gasteiger partial charge in [-0.25, -0.2) is 4.98 Å². The van der Waals surface area contributed by atoms with Crippen molar-refractivity contribution in [3.05, 3.63) is 90.0 Å². The number of hydrogen-bond acceptors (Lipinski definition) is 3. The Morgan fingerprint density at radius 2 is 1.41 bits per heavy atom. The zero-order chi connectivity index (χ0) is 18.8. The summed E-state index contributed by atoms with van der Waals surface area (Å²) in [5.74, 6) is 0.0294. The van der Waals surface area contributed by atoms with Gasteiger partial charge in [-0.1, -0.05) is 66.7 Å². The molecule has 0 fully saturated rings. The number of fused-ring (bicyclic) bond motifs is 1. The van der Waals surface area contributed by atoms with E-state index in [0.717, 1.165) is 39.6 Å². The number of rotatable bonds is 4. The Morgan fingerprint density at radius 1 is 0.815 bits per heavy atom. The molecule has 4 aromatic rings. The molecule has 0 radical (unpaired) electrons. The Hall–Kier alpha value is -3.59. The molecule has 27 heavy (non-hydrogen) atoms. The second-order valence-corrected chi connectivity index (χ2v) is 6.45. The van der Waals surface area contributed by atoms with Crippen molar-refractivity contribution in [3.63, 3.8) is 0 Å². The summed E-state index contributed by atoms with van der Waals surface area (Å²) in [7, 11) is 0. The van der Waals surface area contributed by atoms with Crippen LogP contribution in [0.1, 0.15) is 27.6 Å². The van der Waals surface area contributed by atoms with E-state index in [4.69, 9.17) is 4.98 Å². The number of carbonyl (C=O) groups excluding carboxylic acids is 2. The maximum Gasteiger partial charge on any atom is 0.160 e. The van der Waals surface area contributed by atoms with Crippen molar-refractivity contribution in [1.82, 2.24) is 4.98 Å². The van der Waals surface area contributed by atoms with E-state index in [2.05, 4.69) is 0 Å². The van der Waals surface area contributed by atoms with E-state index in [9.17, 15) is 9.59 Å². The second kappa shape index (κ2) is 6.96. The fourth-order valence-corrected chi connectivity index (χ4v) is 3.20. The fourth-order valence-electron chi connectivity index (χ4n) is 3.20. The minimum Gasteiger partial charge on any atom is -0.298 e. The lowest BCUT2D eigenvalue weighted by Crippen LogP contribution is -1.97. The van der Waals surface area contributed by atoms with Crippen molar-refractivity contribution < 1.29 is 9.59 Å². The van der Waals surface area contributed by atoms with Crippen LogP contribution in [0.2, 0.25) is 0 Å². The van der Waals surface area contributed by atoms with Crippen LogP contribution in [0.4, 0.5) is 0 Å². The summed E-state index contributed by atoms with van der Waals surface area (Å²) in [5.41, 5.74) is 6.00. The Bertz CT molecular complexity index is 1140. The summed E-state index contributed by atoms with van der Waals surface area (Å²) in [6, 6.07) is 25.1. The molecular weight excluding hydrogens is 334 g/mol. The predicted molar refractivity (Wildman–Crippen MR) is 108 cm³/mol. The summed E-state index contributed by atoms with van der Waals surface area (Å²) in [5, 5.41) is 0.876. The van der Waals surface area contributed by atoms with Gasteiger partial charge in [-0.15, -0.1) is 0 Å². The molecule has 0 bridgehead atoms. The van der Waals surface area contributed by atoms with Crippen LogP contribution in [-0.2, 0) is 0 Å². The molecule has 3 aromatic carbocycles. The van der Waals surface area contributed by atoms with Gasteiger partial charge in [-0.05, 0) is 30.2 Å². The normalized spacial score (nSPS) is 10.7. The van der Waals surface area contributed by atoms with E-state index in [1.165, 1.54) is 0 Å². The largest absolute Gasteiger partial charge is 0.298 e. The van der Waals surface area contributed by atoms with Gasteiger partial charge in [0.2, 0.25) is 0 Å². The number of pyridine rings is 1. The van der Waals surface area contributed by atoms with Crippen molar-refractivity contribution in [2.45, 2.75) is 6.92 Å². The van der Waals surface area contributed by atoms with Crippen molar-refractivity contribution in [2.75, 3.05) is 0 Å². The lowest BCUT2D eigenvalue weighted by Gasteiger charge is -2.09. The van der Waals surface area contributed by atoms with E-state index < -0.39 is 0 Å². The quantitative estimate of drug-likeness (QED) is 0.356. The van der Waals surface area contributed by atoms with Crippen LogP contribution in [0.5, 0.6) is 0 Å². The van der Waals surface area contributed by atoms with Gasteiger partial charge in [0.1, 0.15) is 6.29 Å². The van der Waals surface area contributed by atoms with Gasteiger partial charge >= 0.3 is 0 Å². The molecule has 0 spiro atoms. The standard InChI is InChI=1S/C24H17NO2/c1-16(27)22-14-24(25-23-5-3-2-4-21(22)23)20-12-10-19(11-13-20)18-8-6-17(15-26)7-9-18/h2-15H,1H3. The number of carbonyl (C=O) groups is 2. The number of benzene rings is 3. The van der Waals surface area contributed by atoms with Crippen LogP contribution in [0.3, 0.4) is 0 Å². The number of nitrogens with zero attached hydrogens (tertiary/aromatic N) is 1. The van der Waals surface area contributed by atoms with E-state index >= 15 is 0 Å². The first-order valence-electron chi connectivity index (χ1n) is 8.72. The van der Waals surface area contributed by atoms with Crippen LogP contribution in [0.25, 0.3) is 33.3 Å². The van der Waals surface area contributed by atoms with Gasteiger partial charge in [0.05, 0.1) is 11.2 Å². The van der Waals surface area contributed by atoms with Gasteiger partial charge in [0.25, 0.3) is 0 Å². The molecule has 4 rings (SSSR count). The topological polar surface area (TPSA) is 47.0 Å². The summed E-state index contributed by atoms with van der Waals surface area (Å²) in [4.78, 5) is 27.6. The molecule has 0 aliphatic carbocycles. The van der Waals surface area contributed by atoms with Crippen LogP contribution < -0.4 is 0 Å². The average Bonchev–Trinajstić information content (AvgIpc) is 2.73. The van der Waals surface area contributed by atoms with Gasteiger partial charge in [-0.3, -0.25) is 9.59 Å². The molecule has 1 heterocycles. The molecule has 130 valence electrons. The van der Waals surface area contributed by atoms with Crippen molar-refractivity contribution in [2.24, 2.45) is 0 Å². The SMILES string of the molecule is CC(=O)c1cc(-c2ccc(-c3ccc(C=O)cc3)cc2)nc2ccccc12. The number of para-hydroxylation sites is 1. The molecule has 0 atom stereocenters. The molecule has 0 saturated carbocycles. The van der Waals surface area contributed by atoms with Crippen LogP contribution in [0, 0.1) is 0 Å². The van der Waals surface area contributed by atoms with E-state index in [0.29, 0.717) is 11.1 Å². The average molecular weight is 351 g/mol. The second-order valence-electron chi connectivity index (χ2n) is 6.45.